The SMILES string of the molecule is O=C1CC(c2cc(F)ccc2F)c2sc(N3CCCCC3)nc2N1. The molecular weight excluding hydrogens is 332 g/mol. The van der Waals surface area contributed by atoms with Crippen molar-refractivity contribution in [1.29, 1.82) is 0 Å². The number of piperidine rings is 1. The van der Waals surface area contributed by atoms with Crippen LogP contribution in [0.5, 0.6) is 0 Å². The van der Waals surface area contributed by atoms with Crippen molar-refractivity contribution in [3.63, 3.8) is 0 Å². The molecule has 24 heavy (non-hydrogen) atoms. The van der Waals surface area contributed by atoms with Crippen LogP contribution in [0.15, 0.2) is 18.2 Å². The molecule has 0 saturated carbocycles. The Morgan fingerprint density at radius 3 is 2.79 bits per heavy atom. The van der Waals surface area contributed by atoms with Crippen LogP contribution in [0.1, 0.15) is 42.0 Å². The highest BCUT2D eigenvalue weighted by molar-refractivity contribution is 7.16. The minimum atomic E-state index is -0.500. The van der Waals surface area contributed by atoms with E-state index in [0.717, 1.165) is 48.1 Å². The standard InChI is InChI=1S/C17H17F2N3OS/c18-10-4-5-13(19)11(8-10)12-9-14(23)20-16-15(12)24-17(21-16)22-6-2-1-3-7-22/h4-5,8,12H,1-3,6-7,9H2,(H,20,23). The molecule has 2 aromatic rings. The Balaban J connectivity index is 1.74. The van der Waals surface area contributed by atoms with Crippen LogP contribution < -0.4 is 10.2 Å². The molecule has 0 radical (unpaired) electrons. The van der Waals surface area contributed by atoms with Gasteiger partial charge in [0.05, 0.1) is 4.88 Å². The predicted molar refractivity (Wildman–Crippen MR) is 89.6 cm³/mol. The number of halogens is 2. The van der Waals surface area contributed by atoms with Gasteiger partial charge in [-0.3, -0.25) is 4.79 Å². The normalized spacial score (nSPS) is 20.7. The Morgan fingerprint density at radius 2 is 2.00 bits per heavy atom. The average molecular weight is 349 g/mol. The quantitative estimate of drug-likeness (QED) is 0.895. The third kappa shape index (κ3) is 2.77. The number of thiazole rings is 1. The number of rotatable bonds is 2. The number of aromatic nitrogens is 1. The summed E-state index contributed by atoms with van der Waals surface area (Å²) in [6, 6.07) is 3.39. The second-order valence-electron chi connectivity index (χ2n) is 6.23. The molecule has 7 heteroatoms. The van der Waals surface area contributed by atoms with E-state index in [1.54, 1.807) is 0 Å². The first-order valence-electron chi connectivity index (χ1n) is 8.12. The lowest BCUT2D eigenvalue weighted by molar-refractivity contribution is -0.116. The van der Waals surface area contributed by atoms with Crippen LogP contribution in [0.2, 0.25) is 0 Å². The molecule has 0 spiro atoms. The highest BCUT2D eigenvalue weighted by atomic mass is 32.1. The monoisotopic (exact) mass is 349 g/mol. The summed E-state index contributed by atoms with van der Waals surface area (Å²) >= 11 is 1.47. The summed E-state index contributed by atoms with van der Waals surface area (Å²) in [6.07, 6.45) is 3.57. The molecule has 1 atom stereocenters. The topological polar surface area (TPSA) is 45.2 Å². The summed E-state index contributed by atoms with van der Waals surface area (Å²) in [4.78, 5) is 19.6. The van der Waals surface area contributed by atoms with Gasteiger partial charge in [-0.15, -0.1) is 0 Å². The van der Waals surface area contributed by atoms with Crippen molar-refractivity contribution in [3.8, 4) is 0 Å². The maximum atomic E-state index is 14.2. The van der Waals surface area contributed by atoms with Crippen molar-refractivity contribution in [2.24, 2.45) is 0 Å². The Morgan fingerprint density at radius 1 is 1.21 bits per heavy atom. The molecule has 1 aromatic heterocycles. The van der Waals surface area contributed by atoms with Gasteiger partial charge in [0.25, 0.3) is 0 Å². The fourth-order valence-corrected chi connectivity index (χ4v) is 4.55. The van der Waals surface area contributed by atoms with E-state index >= 15 is 0 Å². The van der Waals surface area contributed by atoms with Crippen LogP contribution in [0.25, 0.3) is 0 Å². The Kier molecular flexibility index (Phi) is 3.96. The van der Waals surface area contributed by atoms with Gasteiger partial charge in [-0.25, -0.2) is 13.8 Å². The number of carbonyl (C=O) groups is 1. The van der Waals surface area contributed by atoms with Crippen LogP contribution in [0.3, 0.4) is 0 Å². The largest absolute Gasteiger partial charge is 0.348 e. The van der Waals surface area contributed by atoms with E-state index in [2.05, 4.69) is 15.2 Å². The van der Waals surface area contributed by atoms with Gasteiger partial charge in [0, 0.05) is 25.4 Å². The molecule has 1 saturated heterocycles. The van der Waals surface area contributed by atoms with E-state index < -0.39 is 17.6 Å². The minimum absolute atomic E-state index is 0.106. The van der Waals surface area contributed by atoms with E-state index in [9.17, 15) is 13.6 Å². The van der Waals surface area contributed by atoms with Crippen molar-refractivity contribution in [3.05, 3.63) is 40.3 Å². The molecule has 1 amide bonds. The molecule has 1 unspecified atom stereocenters. The zero-order valence-electron chi connectivity index (χ0n) is 13.0. The van der Waals surface area contributed by atoms with Crippen LogP contribution in [-0.4, -0.2) is 24.0 Å². The Bertz CT molecular complexity index is 786. The molecule has 0 bridgehead atoms. The second kappa shape index (κ2) is 6.12. The summed E-state index contributed by atoms with van der Waals surface area (Å²) in [5.74, 6) is -1.20. The maximum Gasteiger partial charge on any atom is 0.226 e. The number of amides is 1. The lowest BCUT2D eigenvalue weighted by Gasteiger charge is -2.25. The summed E-state index contributed by atoms with van der Waals surface area (Å²) in [5.41, 5.74) is 0.222. The number of nitrogens with one attached hydrogen (secondary N) is 1. The summed E-state index contributed by atoms with van der Waals surface area (Å²) in [5, 5.41) is 3.62. The van der Waals surface area contributed by atoms with Crippen LogP contribution in [0, 0.1) is 11.6 Å². The summed E-state index contributed by atoms with van der Waals surface area (Å²) < 4.78 is 27.8. The van der Waals surface area contributed by atoms with E-state index in [-0.39, 0.29) is 17.9 Å². The van der Waals surface area contributed by atoms with E-state index in [1.165, 1.54) is 23.8 Å². The van der Waals surface area contributed by atoms with E-state index in [4.69, 9.17) is 0 Å². The summed E-state index contributed by atoms with van der Waals surface area (Å²) in [6.45, 7) is 1.89. The molecule has 1 aromatic carbocycles. The number of benzene rings is 1. The van der Waals surface area contributed by atoms with Crippen molar-refractivity contribution in [2.75, 3.05) is 23.3 Å². The lowest BCUT2D eigenvalue weighted by Crippen LogP contribution is -2.29. The first-order valence-corrected chi connectivity index (χ1v) is 8.94. The molecule has 2 aliphatic heterocycles. The molecule has 3 heterocycles. The van der Waals surface area contributed by atoms with Crippen molar-refractivity contribution in [1.82, 2.24) is 4.98 Å². The minimum Gasteiger partial charge on any atom is -0.348 e. The number of carbonyl (C=O) groups excluding carboxylic acids is 1. The predicted octanol–water partition coefficient (Wildman–Crippen LogP) is 3.89. The lowest BCUT2D eigenvalue weighted by atomic mass is 9.91. The fraction of sp³-hybridized carbons (Fsp3) is 0.412. The average Bonchev–Trinajstić information content (AvgIpc) is 3.01. The van der Waals surface area contributed by atoms with Crippen molar-refractivity contribution < 1.29 is 13.6 Å². The van der Waals surface area contributed by atoms with E-state index in [1.807, 2.05) is 0 Å². The summed E-state index contributed by atoms with van der Waals surface area (Å²) in [7, 11) is 0. The third-order valence-electron chi connectivity index (χ3n) is 4.57. The van der Waals surface area contributed by atoms with Gasteiger partial charge in [0.15, 0.2) is 5.13 Å². The number of anilines is 2. The molecule has 0 aliphatic carbocycles. The molecule has 1 fully saturated rings. The van der Waals surface area contributed by atoms with Crippen LogP contribution in [-0.2, 0) is 4.79 Å². The Hall–Kier alpha value is -2.02. The molecule has 2 aliphatic rings. The first-order chi connectivity index (χ1) is 11.6. The maximum absolute atomic E-state index is 14.2. The van der Waals surface area contributed by atoms with Gasteiger partial charge in [-0.2, -0.15) is 0 Å². The van der Waals surface area contributed by atoms with Gasteiger partial charge < -0.3 is 10.2 Å². The van der Waals surface area contributed by atoms with E-state index in [0.29, 0.717) is 5.82 Å². The third-order valence-corrected chi connectivity index (χ3v) is 5.80. The molecule has 1 N–H and O–H groups in total. The van der Waals surface area contributed by atoms with Gasteiger partial charge in [-0.1, -0.05) is 11.3 Å². The number of hydrogen-bond donors (Lipinski definition) is 1. The molecular formula is C17H17F2N3OS. The number of nitrogens with zero attached hydrogens (tertiary/aromatic N) is 2. The van der Waals surface area contributed by atoms with Crippen LogP contribution >= 0.6 is 11.3 Å². The zero-order valence-corrected chi connectivity index (χ0v) is 13.8. The van der Waals surface area contributed by atoms with Gasteiger partial charge in [-0.05, 0) is 43.0 Å². The second-order valence-corrected chi connectivity index (χ2v) is 7.24. The Labute approximate surface area is 142 Å². The highest BCUT2D eigenvalue weighted by Crippen LogP contribution is 2.44. The van der Waals surface area contributed by atoms with Crippen LogP contribution in [0.4, 0.5) is 19.7 Å². The molecule has 4 nitrogen and oxygen atoms in total. The van der Waals surface area contributed by atoms with Crippen molar-refractivity contribution >= 4 is 28.2 Å². The molecule has 126 valence electrons. The zero-order chi connectivity index (χ0) is 16.7. The number of fused-ring (bicyclic) bond motifs is 1. The van der Waals surface area contributed by atoms with Gasteiger partial charge >= 0.3 is 0 Å². The fourth-order valence-electron chi connectivity index (χ4n) is 3.36. The van der Waals surface area contributed by atoms with Crippen molar-refractivity contribution in [2.45, 2.75) is 31.6 Å². The first kappa shape index (κ1) is 15.5. The smallest absolute Gasteiger partial charge is 0.226 e. The van der Waals surface area contributed by atoms with Gasteiger partial charge in [0.1, 0.15) is 17.5 Å². The molecule has 4 rings (SSSR count). The highest BCUT2D eigenvalue weighted by Gasteiger charge is 2.33. The number of hydrogen-bond acceptors (Lipinski definition) is 4. The van der Waals surface area contributed by atoms with Gasteiger partial charge in [0.2, 0.25) is 5.91 Å².